The van der Waals surface area contributed by atoms with Gasteiger partial charge in [-0.1, -0.05) is 0 Å². The SMILES string of the molecule is COC(C)CS(=O)(=O)Nc1cc(Br)ncc1F. The lowest BCUT2D eigenvalue weighted by atomic mass is 10.4. The number of hydrogen-bond acceptors (Lipinski definition) is 4. The van der Waals surface area contributed by atoms with E-state index < -0.39 is 21.9 Å². The van der Waals surface area contributed by atoms with Crippen LogP contribution in [0.25, 0.3) is 0 Å². The highest BCUT2D eigenvalue weighted by Crippen LogP contribution is 2.18. The highest BCUT2D eigenvalue weighted by atomic mass is 79.9. The van der Waals surface area contributed by atoms with E-state index in [1.807, 2.05) is 0 Å². The maximum Gasteiger partial charge on any atom is 0.235 e. The van der Waals surface area contributed by atoms with Crippen molar-refractivity contribution in [1.82, 2.24) is 4.98 Å². The second-order valence-corrected chi connectivity index (χ2v) is 6.00. The van der Waals surface area contributed by atoms with Crippen LogP contribution in [0.2, 0.25) is 0 Å². The zero-order chi connectivity index (χ0) is 13.1. The first kappa shape index (κ1) is 14.3. The highest BCUT2D eigenvalue weighted by molar-refractivity contribution is 9.10. The summed E-state index contributed by atoms with van der Waals surface area (Å²) in [6, 6.07) is 1.25. The Morgan fingerprint density at radius 3 is 2.88 bits per heavy atom. The van der Waals surface area contributed by atoms with Gasteiger partial charge in [-0.05, 0) is 28.9 Å². The van der Waals surface area contributed by atoms with Crippen LogP contribution in [0.15, 0.2) is 16.9 Å². The molecule has 0 spiro atoms. The van der Waals surface area contributed by atoms with Crippen molar-refractivity contribution in [2.45, 2.75) is 13.0 Å². The van der Waals surface area contributed by atoms with Gasteiger partial charge in [-0.2, -0.15) is 0 Å². The van der Waals surface area contributed by atoms with E-state index in [1.165, 1.54) is 13.2 Å². The molecule has 0 aromatic carbocycles. The maximum atomic E-state index is 13.3. The average Bonchev–Trinajstić information content (AvgIpc) is 2.22. The second-order valence-electron chi connectivity index (χ2n) is 3.42. The van der Waals surface area contributed by atoms with Crippen molar-refractivity contribution in [3.05, 3.63) is 22.7 Å². The van der Waals surface area contributed by atoms with Gasteiger partial charge in [0, 0.05) is 7.11 Å². The van der Waals surface area contributed by atoms with Gasteiger partial charge < -0.3 is 4.74 Å². The van der Waals surface area contributed by atoms with Crippen LogP contribution in [0.4, 0.5) is 10.1 Å². The van der Waals surface area contributed by atoms with E-state index in [9.17, 15) is 12.8 Å². The molecule has 0 aliphatic rings. The van der Waals surface area contributed by atoms with Gasteiger partial charge in [-0.3, -0.25) is 4.72 Å². The second kappa shape index (κ2) is 5.74. The third kappa shape index (κ3) is 4.57. The number of aromatic nitrogens is 1. The number of rotatable bonds is 5. The molecule has 0 aliphatic carbocycles. The number of nitrogens with zero attached hydrogens (tertiary/aromatic N) is 1. The summed E-state index contributed by atoms with van der Waals surface area (Å²) in [4.78, 5) is 3.63. The summed E-state index contributed by atoms with van der Waals surface area (Å²) in [7, 11) is -2.24. The van der Waals surface area contributed by atoms with Crippen molar-refractivity contribution in [2.75, 3.05) is 17.6 Å². The van der Waals surface area contributed by atoms with Gasteiger partial charge in [0.1, 0.15) is 4.60 Å². The standard InChI is InChI=1S/C9H12BrFN2O3S/c1-6(16-2)5-17(14,15)13-8-3-9(10)12-4-7(8)11/h3-4,6H,5H2,1-2H3,(H,12,13). The van der Waals surface area contributed by atoms with Crippen molar-refractivity contribution >= 4 is 31.6 Å². The third-order valence-corrected chi connectivity index (χ3v) is 3.82. The zero-order valence-corrected chi connectivity index (χ0v) is 11.7. The van der Waals surface area contributed by atoms with Crippen molar-refractivity contribution in [3.8, 4) is 0 Å². The Kier molecular flexibility index (Phi) is 4.84. The molecule has 5 nitrogen and oxygen atoms in total. The third-order valence-electron chi connectivity index (χ3n) is 1.94. The molecule has 8 heteroatoms. The van der Waals surface area contributed by atoms with E-state index >= 15 is 0 Å². The minimum atomic E-state index is -3.65. The van der Waals surface area contributed by atoms with Crippen LogP contribution in [-0.4, -0.2) is 32.4 Å². The van der Waals surface area contributed by atoms with Crippen LogP contribution in [-0.2, 0) is 14.8 Å². The number of sulfonamides is 1. The quantitative estimate of drug-likeness (QED) is 0.837. The molecule has 1 aromatic rings. The molecule has 0 radical (unpaired) electrons. The summed E-state index contributed by atoms with van der Waals surface area (Å²) in [5.74, 6) is -0.982. The van der Waals surface area contributed by atoms with Crippen LogP contribution in [0.5, 0.6) is 0 Å². The molecule has 0 fully saturated rings. The Labute approximate surface area is 108 Å². The van der Waals surface area contributed by atoms with Crippen LogP contribution >= 0.6 is 15.9 Å². The largest absolute Gasteiger partial charge is 0.381 e. The Hall–Kier alpha value is -0.730. The summed E-state index contributed by atoms with van der Waals surface area (Å²) in [5.41, 5.74) is -0.143. The molecular weight excluding hydrogens is 315 g/mol. The summed E-state index contributed by atoms with van der Waals surface area (Å²) < 4.78 is 43.9. The Bertz CT molecular complexity index is 495. The van der Waals surface area contributed by atoms with Crippen molar-refractivity contribution in [1.29, 1.82) is 0 Å². The lowest BCUT2D eigenvalue weighted by molar-refractivity contribution is 0.136. The van der Waals surface area contributed by atoms with E-state index in [0.717, 1.165) is 6.20 Å². The number of ether oxygens (including phenoxy) is 1. The monoisotopic (exact) mass is 326 g/mol. The molecule has 0 saturated heterocycles. The Morgan fingerprint density at radius 1 is 1.65 bits per heavy atom. The van der Waals surface area contributed by atoms with Gasteiger partial charge in [0.2, 0.25) is 10.0 Å². The van der Waals surface area contributed by atoms with Crippen LogP contribution in [0, 0.1) is 5.82 Å². The summed E-state index contributed by atoms with van der Waals surface area (Å²) in [6.45, 7) is 1.61. The number of hydrogen-bond donors (Lipinski definition) is 1. The number of nitrogens with one attached hydrogen (secondary N) is 1. The average molecular weight is 327 g/mol. The highest BCUT2D eigenvalue weighted by Gasteiger charge is 2.17. The van der Waals surface area contributed by atoms with E-state index in [2.05, 4.69) is 25.6 Å². The molecule has 0 aliphatic heterocycles. The van der Waals surface area contributed by atoms with Crippen LogP contribution in [0.3, 0.4) is 0 Å². The number of methoxy groups -OCH3 is 1. The fraction of sp³-hybridized carbons (Fsp3) is 0.444. The molecule has 1 atom stereocenters. The van der Waals surface area contributed by atoms with Gasteiger partial charge >= 0.3 is 0 Å². The molecular formula is C9H12BrFN2O3S. The minimum Gasteiger partial charge on any atom is -0.381 e. The Balaban J connectivity index is 2.86. The van der Waals surface area contributed by atoms with Gasteiger partial charge in [0.05, 0.1) is 23.7 Å². The molecule has 1 N–H and O–H groups in total. The predicted octanol–water partition coefficient (Wildman–Crippen LogP) is 1.76. The molecule has 96 valence electrons. The Morgan fingerprint density at radius 2 is 2.29 bits per heavy atom. The van der Waals surface area contributed by atoms with Crippen molar-refractivity contribution in [3.63, 3.8) is 0 Å². The van der Waals surface area contributed by atoms with Gasteiger partial charge in [0.15, 0.2) is 5.82 Å². The van der Waals surface area contributed by atoms with Crippen molar-refractivity contribution in [2.24, 2.45) is 0 Å². The predicted molar refractivity (Wildman–Crippen MR) is 65.8 cm³/mol. The molecule has 0 bridgehead atoms. The van der Waals surface area contributed by atoms with Gasteiger partial charge in [0.25, 0.3) is 0 Å². The topological polar surface area (TPSA) is 68.3 Å². The lowest BCUT2D eigenvalue weighted by Gasteiger charge is -2.12. The number of pyridine rings is 1. The molecule has 0 amide bonds. The fourth-order valence-electron chi connectivity index (χ4n) is 1.08. The summed E-state index contributed by atoms with van der Waals surface area (Å²) in [6.07, 6.45) is 0.461. The zero-order valence-electron chi connectivity index (χ0n) is 9.28. The molecule has 17 heavy (non-hydrogen) atoms. The van der Waals surface area contributed by atoms with E-state index in [1.54, 1.807) is 6.92 Å². The molecule has 1 rings (SSSR count). The van der Waals surface area contributed by atoms with E-state index in [4.69, 9.17) is 4.74 Å². The summed E-state index contributed by atoms with van der Waals surface area (Å²) >= 11 is 3.03. The first-order chi connectivity index (χ1) is 7.84. The van der Waals surface area contributed by atoms with E-state index in [0.29, 0.717) is 4.60 Å². The van der Waals surface area contributed by atoms with Gasteiger partial charge in [-0.15, -0.1) is 0 Å². The van der Waals surface area contributed by atoms with E-state index in [-0.39, 0.29) is 11.4 Å². The van der Waals surface area contributed by atoms with Gasteiger partial charge in [-0.25, -0.2) is 17.8 Å². The molecule has 1 unspecified atom stereocenters. The van der Waals surface area contributed by atoms with Crippen molar-refractivity contribution < 1.29 is 17.5 Å². The normalized spacial score (nSPS) is 13.4. The summed E-state index contributed by atoms with van der Waals surface area (Å²) in [5, 5.41) is 0. The van der Waals surface area contributed by atoms with Crippen LogP contribution in [0.1, 0.15) is 6.92 Å². The lowest BCUT2D eigenvalue weighted by Crippen LogP contribution is -2.25. The smallest absolute Gasteiger partial charge is 0.235 e. The first-order valence-corrected chi connectivity index (χ1v) is 7.13. The minimum absolute atomic E-state index is 0.143. The van der Waals surface area contributed by atoms with Crippen LogP contribution < -0.4 is 4.72 Å². The molecule has 1 heterocycles. The maximum absolute atomic E-state index is 13.3. The number of anilines is 1. The first-order valence-electron chi connectivity index (χ1n) is 4.68. The molecule has 0 saturated carbocycles. The molecule has 1 aromatic heterocycles. The fourth-order valence-corrected chi connectivity index (χ4v) is 2.74. The number of halogens is 2.